The average molecular weight is 428 g/mol. The van der Waals surface area contributed by atoms with Gasteiger partial charge in [-0.1, -0.05) is 0 Å². The molecule has 4 rings (SSSR count). The molecule has 0 aliphatic carbocycles. The summed E-state index contributed by atoms with van der Waals surface area (Å²) in [4.78, 5) is 0. The van der Waals surface area contributed by atoms with Gasteiger partial charge in [0.2, 0.25) is 0 Å². The molecule has 0 unspecified atom stereocenters. The summed E-state index contributed by atoms with van der Waals surface area (Å²) in [5.74, 6) is 0. The molecule has 0 aliphatic heterocycles. The van der Waals surface area contributed by atoms with Crippen molar-refractivity contribution in [2.75, 3.05) is 0 Å². The smallest absolute Gasteiger partial charge is 0 e. The van der Waals surface area contributed by atoms with Crippen molar-refractivity contribution < 1.29 is 34.1 Å². The van der Waals surface area contributed by atoms with E-state index in [0.29, 0.717) is 0 Å². The molecule has 3 heteroatoms. The van der Waals surface area contributed by atoms with E-state index in [4.69, 9.17) is 0 Å². The summed E-state index contributed by atoms with van der Waals surface area (Å²) in [6.07, 6.45) is 0. The van der Waals surface area contributed by atoms with Crippen LogP contribution in [-0.2, 0) is 34.1 Å². The van der Waals surface area contributed by atoms with Crippen molar-refractivity contribution in [1.82, 2.24) is 0 Å². The molecule has 0 nitrogen and oxygen atoms in total. The first-order valence-electron chi connectivity index (χ1n) is 7.99. The van der Waals surface area contributed by atoms with Crippen molar-refractivity contribution in [2.24, 2.45) is 0 Å². The zero-order valence-corrected chi connectivity index (χ0v) is 17.8. The van der Waals surface area contributed by atoms with Crippen molar-refractivity contribution in [3.05, 3.63) is 109 Å². The second-order valence-corrected chi connectivity index (χ2v) is 10.3. The van der Waals surface area contributed by atoms with Gasteiger partial charge in [-0.3, -0.25) is 0 Å². The summed E-state index contributed by atoms with van der Waals surface area (Å²) < 4.78 is 0. The minimum atomic E-state index is -1.35. The predicted octanol–water partition coefficient (Wildman–Crippen LogP) is 4.75. The van der Waals surface area contributed by atoms with E-state index >= 15 is 0 Å². The SMILES string of the molecule is C[Si](C)([c-]1cccc1)[c-]1[cH-][cH-][cH-][cH-]1.[Fe].[Fe].c1cc[cH-]c1.c1cc[cH-]c1. The van der Waals surface area contributed by atoms with Gasteiger partial charge >= 0.3 is 0 Å². The Morgan fingerprint density at radius 1 is 0.640 bits per heavy atom. The van der Waals surface area contributed by atoms with Crippen molar-refractivity contribution in [3.63, 3.8) is 0 Å². The molecule has 0 aliphatic rings. The summed E-state index contributed by atoms with van der Waals surface area (Å²) >= 11 is 0. The Hall–Kier alpha value is -1.34. The molecule has 0 saturated carbocycles. The molecule has 4 aromatic rings. The fourth-order valence-electron chi connectivity index (χ4n) is 2.39. The zero-order valence-electron chi connectivity index (χ0n) is 14.6. The Kier molecular flexibility index (Phi) is 12.2. The van der Waals surface area contributed by atoms with Gasteiger partial charge in [-0.2, -0.15) is 61.8 Å². The summed E-state index contributed by atoms with van der Waals surface area (Å²) in [6.45, 7) is 4.80. The monoisotopic (exact) mass is 428 g/mol. The van der Waals surface area contributed by atoms with E-state index in [9.17, 15) is 0 Å². The summed E-state index contributed by atoms with van der Waals surface area (Å²) in [7, 11) is -1.35. The average Bonchev–Trinajstić information content (AvgIpc) is 3.44. The van der Waals surface area contributed by atoms with Gasteiger partial charge in [0.05, 0.1) is 0 Å². The maximum absolute atomic E-state index is 2.40. The molecule has 0 N–H and O–H groups in total. The van der Waals surface area contributed by atoms with Crippen LogP contribution in [0.15, 0.2) is 109 Å². The number of hydrogen-bond acceptors (Lipinski definition) is 0. The van der Waals surface area contributed by atoms with Gasteiger partial charge < -0.3 is 29.5 Å². The van der Waals surface area contributed by atoms with Crippen molar-refractivity contribution >= 4 is 18.4 Å². The molecule has 0 amide bonds. The summed E-state index contributed by atoms with van der Waals surface area (Å²) in [6, 6.07) is 37.5. The maximum atomic E-state index is 2.40. The van der Waals surface area contributed by atoms with E-state index in [2.05, 4.69) is 61.6 Å². The van der Waals surface area contributed by atoms with E-state index in [1.165, 1.54) is 10.4 Å². The third-order valence-corrected chi connectivity index (χ3v) is 7.43. The van der Waals surface area contributed by atoms with Crippen LogP contribution >= 0.6 is 0 Å². The van der Waals surface area contributed by atoms with E-state index in [-0.39, 0.29) is 34.1 Å². The topological polar surface area (TPSA) is 0 Å². The minimum Gasteiger partial charge on any atom is -0.748 e. The molecule has 0 saturated heterocycles. The van der Waals surface area contributed by atoms with E-state index in [0.717, 1.165) is 0 Å². The molecule has 0 fully saturated rings. The van der Waals surface area contributed by atoms with Crippen LogP contribution in [0.3, 0.4) is 0 Å². The van der Waals surface area contributed by atoms with Crippen molar-refractivity contribution in [1.29, 1.82) is 0 Å². The Morgan fingerprint density at radius 2 is 1.04 bits per heavy atom. The molecule has 140 valence electrons. The standard InChI is InChI=1S/C12H14Si.2C5H5.2Fe/c1-13(2,11-7-3-4-8-11)12-9-5-6-10-12;2*1-2-4-5-3-1;;/h3-10H,1-2H3;2*1-5H;;/q-6;2*-1;;. The molecule has 0 spiro atoms. The number of rotatable bonds is 2. The molecule has 0 bridgehead atoms. The Balaban J connectivity index is 0.000000400. The third kappa shape index (κ3) is 8.05. The normalized spacial score (nSPS) is 9.36. The van der Waals surface area contributed by atoms with Crippen LogP contribution in [0.5, 0.6) is 0 Å². The fourth-order valence-corrected chi connectivity index (χ4v) is 4.77. The molecule has 0 aromatic heterocycles. The molecule has 0 atom stereocenters. The van der Waals surface area contributed by atoms with E-state index < -0.39 is 8.07 Å². The third-order valence-electron chi connectivity index (χ3n) is 3.88. The Bertz CT molecular complexity index is 591. The van der Waals surface area contributed by atoms with Gasteiger partial charge in [0, 0.05) is 34.1 Å². The Labute approximate surface area is 174 Å². The molecule has 25 heavy (non-hydrogen) atoms. The van der Waals surface area contributed by atoms with Gasteiger partial charge in [0.25, 0.3) is 0 Å². The quantitative estimate of drug-likeness (QED) is 0.319. The number of hydrogen-bond donors (Lipinski definition) is 0. The molecule has 4 aromatic carbocycles. The first-order chi connectivity index (χ1) is 11.2. The fraction of sp³-hybridized carbons (Fsp3) is 0.0909. The van der Waals surface area contributed by atoms with Gasteiger partial charge in [-0.15, -0.1) is 13.1 Å². The zero-order chi connectivity index (χ0) is 16.4. The van der Waals surface area contributed by atoms with Crippen LogP contribution in [0, 0.1) is 0 Å². The maximum Gasteiger partial charge on any atom is 0 e. The van der Waals surface area contributed by atoms with E-state index in [1.54, 1.807) is 0 Å². The van der Waals surface area contributed by atoms with Crippen LogP contribution in [0.1, 0.15) is 0 Å². The van der Waals surface area contributed by atoms with Crippen molar-refractivity contribution in [2.45, 2.75) is 13.1 Å². The first kappa shape index (κ1) is 23.7. The van der Waals surface area contributed by atoms with Crippen molar-refractivity contribution in [3.8, 4) is 0 Å². The minimum absolute atomic E-state index is 0. The van der Waals surface area contributed by atoms with Crippen LogP contribution in [-0.4, -0.2) is 8.07 Å². The van der Waals surface area contributed by atoms with Gasteiger partial charge in [-0.25, -0.2) is 36.4 Å². The van der Waals surface area contributed by atoms with E-state index in [1.807, 2.05) is 60.7 Å². The molecular formula is C22H24Fe2Si-8. The Morgan fingerprint density at radius 3 is 1.36 bits per heavy atom. The van der Waals surface area contributed by atoms with Gasteiger partial charge in [0.1, 0.15) is 0 Å². The van der Waals surface area contributed by atoms with Crippen LogP contribution in [0.25, 0.3) is 0 Å². The second kappa shape index (κ2) is 12.9. The van der Waals surface area contributed by atoms with Crippen LogP contribution < -0.4 is 10.4 Å². The predicted molar refractivity (Wildman–Crippen MR) is 105 cm³/mol. The molecular weight excluding hydrogens is 404 g/mol. The first-order valence-corrected chi connectivity index (χ1v) is 11.0. The summed E-state index contributed by atoms with van der Waals surface area (Å²) in [5, 5.41) is 3.05. The van der Waals surface area contributed by atoms with Gasteiger partial charge in [0.15, 0.2) is 0 Å². The molecule has 0 radical (unpaired) electrons. The van der Waals surface area contributed by atoms with Crippen LogP contribution in [0.4, 0.5) is 0 Å². The molecule has 0 heterocycles. The summed E-state index contributed by atoms with van der Waals surface area (Å²) in [5.41, 5.74) is 0. The van der Waals surface area contributed by atoms with Gasteiger partial charge in [-0.05, 0) is 0 Å². The largest absolute Gasteiger partial charge is 0.748 e. The van der Waals surface area contributed by atoms with Crippen LogP contribution in [0.2, 0.25) is 13.1 Å². The second-order valence-electron chi connectivity index (χ2n) is 5.90.